The molecule has 1 aromatic heterocycles. The molecule has 0 saturated heterocycles. The Balaban J connectivity index is 1.55. The molecule has 124 valence electrons. The number of hydrogen-bond acceptors (Lipinski definition) is 3. The maximum absolute atomic E-state index is 13.3. The molecular weight excluding hydrogens is 315 g/mol. The van der Waals surface area contributed by atoms with Crippen LogP contribution in [0.5, 0.6) is 0 Å². The summed E-state index contributed by atoms with van der Waals surface area (Å²) in [4.78, 5) is 4.24. The van der Waals surface area contributed by atoms with Crippen LogP contribution in [0.15, 0.2) is 48.8 Å². The minimum Gasteiger partial charge on any atom is -0.323 e. The van der Waals surface area contributed by atoms with Crippen molar-refractivity contribution in [1.29, 1.82) is 0 Å². The Morgan fingerprint density at radius 2 is 2.08 bits per heavy atom. The van der Waals surface area contributed by atoms with Gasteiger partial charge in [0, 0.05) is 17.2 Å². The third-order valence-corrected chi connectivity index (χ3v) is 3.90. The number of aryl methyl sites for hydroxylation is 1. The standard InChI is InChI=1S/C20H17FN4/c1-14-9-16(8-7-15-5-6-15)11-18(10-14)23-20-22-13-25(24-20)19-4-2-3-17(21)12-19/h2-4,9-13,15H,5-6H2,1H3,(H,23,24). The molecule has 5 heteroatoms. The summed E-state index contributed by atoms with van der Waals surface area (Å²) in [6.07, 6.45) is 3.98. The van der Waals surface area contributed by atoms with E-state index >= 15 is 0 Å². The van der Waals surface area contributed by atoms with E-state index in [0.717, 1.165) is 16.8 Å². The highest BCUT2D eigenvalue weighted by molar-refractivity contribution is 5.58. The molecule has 1 N–H and O–H groups in total. The van der Waals surface area contributed by atoms with Crippen molar-refractivity contribution in [3.8, 4) is 17.5 Å². The quantitative estimate of drug-likeness (QED) is 0.730. The van der Waals surface area contributed by atoms with Crippen molar-refractivity contribution in [2.45, 2.75) is 19.8 Å². The Morgan fingerprint density at radius 1 is 1.20 bits per heavy atom. The minimum absolute atomic E-state index is 0.305. The molecule has 1 aliphatic carbocycles. The number of aromatic nitrogens is 3. The van der Waals surface area contributed by atoms with Crippen molar-refractivity contribution < 1.29 is 4.39 Å². The van der Waals surface area contributed by atoms with Crippen LogP contribution in [0.1, 0.15) is 24.0 Å². The van der Waals surface area contributed by atoms with E-state index in [1.54, 1.807) is 18.5 Å². The van der Waals surface area contributed by atoms with Crippen LogP contribution in [0.25, 0.3) is 5.69 Å². The lowest BCUT2D eigenvalue weighted by Gasteiger charge is -2.05. The number of benzene rings is 2. The van der Waals surface area contributed by atoms with E-state index in [-0.39, 0.29) is 5.82 Å². The molecule has 2 aromatic carbocycles. The zero-order chi connectivity index (χ0) is 17.2. The molecule has 3 aromatic rings. The van der Waals surface area contributed by atoms with Crippen LogP contribution >= 0.6 is 0 Å². The molecule has 0 spiro atoms. The summed E-state index contributed by atoms with van der Waals surface area (Å²) in [5.41, 5.74) is 3.62. The zero-order valence-corrected chi connectivity index (χ0v) is 13.8. The fourth-order valence-electron chi connectivity index (χ4n) is 2.53. The Kier molecular flexibility index (Phi) is 3.95. The molecule has 0 atom stereocenters. The van der Waals surface area contributed by atoms with Crippen molar-refractivity contribution in [1.82, 2.24) is 14.8 Å². The normalized spacial score (nSPS) is 13.2. The van der Waals surface area contributed by atoms with E-state index in [9.17, 15) is 4.39 Å². The van der Waals surface area contributed by atoms with Gasteiger partial charge in [-0.05, 0) is 61.7 Å². The molecule has 0 radical (unpaired) electrons. The van der Waals surface area contributed by atoms with E-state index < -0.39 is 0 Å². The first-order valence-corrected chi connectivity index (χ1v) is 8.23. The molecule has 0 bridgehead atoms. The molecule has 4 rings (SSSR count). The molecule has 0 amide bonds. The minimum atomic E-state index is -0.305. The predicted octanol–water partition coefficient (Wildman–Crippen LogP) is 4.22. The number of nitrogens with one attached hydrogen (secondary N) is 1. The highest BCUT2D eigenvalue weighted by Gasteiger charge is 2.17. The average molecular weight is 332 g/mol. The van der Waals surface area contributed by atoms with Gasteiger partial charge in [0.15, 0.2) is 0 Å². The molecule has 1 heterocycles. The van der Waals surface area contributed by atoms with Crippen molar-refractivity contribution in [3.63, 3.8) is 0 Å². The van der Waals surface area contributed by atoms with Crippen molar-refractivity contribution in [2.75, 3.05) is 5.32 Å². The van der Waals surface area contributed by atoms with E-state index in [1.807, 2.05) is 19.1 Å². The molecule has 0 unspecified atom stereocenters. The highest BCUT2D eigenvalue weighted by Crippen LogP contribution is 2.27. The number of nitrogens with zero attached hydrogens (tertiary/aromatic N) is 3. The van der Waals surface area contributed by atoms with E-state index in [2.05, 4.69) is 33.3 Å². The molecule has 4 nitrogen and oxygen atoms in total. The predicted molar refractivity (Wildman–Crippen MR) is 95.4 cm³/mol. The Bertz CT molecular complexity index is 977. The zero-order valence-electron chi connectivity index (χ0n) is 13.8. The summed E-state index contributed by atoms with van der Waals surface area (Å²) in [6, 6.07) is 12.3. The Hall–Kier alpha value is -3.13. The van der Waals surface area contributed by atoms with Crippen molar-refractivity contribution in [2.24, 2.45) is 5.92 Å². The fourth-order valence-corrected chi connectivity index (χ4v) is 2.53. The number of anilines is 2. The van der Waals surface area contributed by atoms with Crippen LogP contribution in [0.4, 0.5) is 16.0 Å². The fraction of sp³-hybridized carbons (Fsp3) is 0.200. The maximum Gasteiger partial charge on any atom is 0.246 e. The number of halogens is 1. The number of hydrogen-bond donors (Lipinski definition) is 1. The second kappa shape index (κ2) is 6.40. The molecule has 1 aliphatic rings. The first kappa shape index (κ1) is 15.4. The van der Waals surface area contributed by atoms with Gasteiger partial charge >= 0.3 is 0 Å². The topological polar surface area (TPSA) is 42.7 Å². The Morgan fingerprint density at radius 3 is 2.88 bits per heavy atom. The van der Waals surface area contributed by atoms with Crippen LogP contribution < -0.4 is 5.32 Å². The molecule has 25 heavy (non-hydrogen) atoms. The lowest BCUT2D eigenvalue weighted by molar-refractivity contribution is 0.625. The van der Waals surface area contributed by atoms with Gasteiger partial charge in [-0.2, -0.15) is 4.98 Å². The molecule has 1 saturated carbocycles. The largest absolute Gasteiger partial charge is 0.323 e. The van der Waals surface area contributed by atoms with Crippen LogP contribution in [-0.2, 0) is 0 Å². The number of rotatable bonds is 3. The van der Waals surface area contributed by atoms with E-state index in [0.29, 0.717) is 17.6 Å². The first-order valence-electron chi connectivity index (χ1n) is 8.23. The maximum atomic E-state index is 13.3. The highest BCUT2D eigenvalue weighted by atomic mass is 19.1. The van der Waals surface area contributed by atoms with Crippen molar-refractivity contribution >= 4 is 11.6 Å². The van der Waals surface area contributed by atoms with Gasteiger partial charge in [0.1, 0.15) is 12.1 Å². The summed E-state index contributed by atoms with van der Waals surface area (Å²) in [6.45, 7) is 2.03. The van der Waals surface area contributed by atoms with E-state index in [1.165, 1.54) is 29.7 Å². The van der Waals surface area contributed by atoms with Crippen LogP contribution in [-0.4, -0.2) is 14.8 Å². The SMILES string of the molecule is Cc1cc(C#CC2CC2)cc(Nc2ncn(-c3cccc(F)c3)n2)c1. The molecule has 1 fully saturated rings. The van der Waals surface area contributed by atoms with Crippen LogP contribution in [0.2, 0.25) is 0 Å². The third-order valence-electron chi connectivity index (χ3n) is 3.90. The summed E-state index contributed by atoms with van der Waals surface area (Å²) in [7, 11) is 0. The Labute approximate surface area is 145 Å². The van der Waals surface area contributed by atoms with Gasteiger partial charge in [-0.3, -0.25) is 0 Å². The smallest absolute Gasteiger partial charge is 0.246 e. The second-order valence-corrected chi connectivity index (χ2v) is 6.25. The van der Waals surface area contributed by atoms with Gasteiger partial charge in [-0.25, -0.2) is 9.07 Å². The van der Waals surface area contributed by atoms with Gasteiger partial charge < -0.3 is 5.32 Å². The molecule has 0 aliphatic heterocycles. The van der Waals surface area contributed by atoms with Gasteiger partial charge in [0.05, 0.1) is 5.69 Å². The lowest BCUT2D eigenvalue weighted by atomic mass is 10.1. The van der Waals surface area contributed by atoms with Crippen molar-refractivity contribution in [3.05, 3.63) is 65.7 Å². The monoisotopic (exact) mass is 332 g/mol. The lowest BCUT2D eigenvalue weighted by Crippen LogP contribution is -1.98. The van der Waals surface area contributed by atoms with Gasteiger partial charge in [-0.1, -0.05) is 17.9 Å². The second-order valence-electron chi connectivity index (χ2n) is 6.25. The third kappa shape index (κ3) is 3.86. The summed E-state index contributed by atoms with van der Waals surface area (Å²) >= 11 is 0. The van der Waals surface area contributed by atoms with Gasteiger partial charge in [0.2, 0.25) is 5.95 Å². The van der Waals surface area contributed by atoms with Crippen LogP contribution in [0, 0.1) is 30.5 Å². The summed E-state index contributed by atoms with van der Waals surface area (Å²) in [5, 5.41) is 7.54. The first-order chi connectivity index (χ1) is 12.2. The van der Waals surface area contributed by atoms with E-state index in [4.69, 9.17) is 0 Å². The van der Waals surface area contributed by atoms with Crippen LogP contribution in [0.3, 0.4) is 0 Å². The summed E-state index contributed by atoms with van der Waals surface area (Å²) in [5.74, 6) is 7.23. The van der Waals surface area contributed by atoms with Gasteiger partial charge in [-0.15, -0.1) is 5.10 Å². The average Bonchev–Trinajstić information content (AvgIpc) is 3.30. The van der Waals surface area contributed by atoms with Gasteiger partial charge in [0.25, 0.3) is 0 Å². The summed E-state index contributed by atoms with van der Waals surface area (Å²) < 4.78 is 14.9. The molecular formula is C20H17FN4.